The van der Waals surface area contributed by atoms with Gasteiger partial charge in [0.2, 0.25) is 0 Å². The smallest absolute Gasteiger partial charge is 0.127 e. The van der Waals surface area contributed by atoms with Gasteiger partial charge in [-0.3, -0.25) is 4.90 Å². The van der Waals surface area contributed by atoms with Crippen LogP contribution in [0.1, 0.15) is 38.3 Å². The largest absolute Gasteiger partial charge is 0.330 e. The van der Waals surface area contributed by atoms with Crippen molar-refractivity contribution in [2.45, 2.75) is 33.7 Å². The van der Waals surface area contributed by atoms with Crippen LogP contribution in [0, 0.1) is 22.6 Å². The molecule has 0 radical (unpaired) electrons. The molecule has 4 heteroatoms. The number of hydrogen-bond acceptors (Lipinski definition) is 3. The monoisotopic (exact) mass is 277 g/mol. The first-order valence-electron chi connectivity index (χ1n) is 7.03. The Bertz CT molecular complexity index is 477. The van der Waals surface area contributed by atoms with Crippen molar-refractivity contribution in [2.75, 3.05) is 19.6 Å². The molecule has 0 aliphatic carbocycles. The fourth-order valence-corrected chi connectivity index (χ4v) is 2.21. The van der Waals surface area contributed by atoms with Crippen molar-refractivity contribution in [1.82, 2.24) is 4.90 Å². The molecule has 0 amide bonds. The SMILES string of the molecule is CCCN(Cc1cc(C#N)ccc1F)CC(C)(C)CN. The minimum atomic E-state index is -0.254. The molecule has 1 aromatic carbocycles. The summed E-state index contributed by atoms with van der Waals surface area (Å²) in [6, 6.07) is 6.56. The second-order valence-corrected chi connectivity index (χ2v) is 6.00. The van der Waals surface area contributed by atoms with Gasteiger partial charge >= 0.3 is 0 Å². The highest BCUT2D eigenvalue weighted by atomic mass is 19.1. The number of rotatable bonds is 7. The first-order chi connectivity index (χ1) is 9.41. The van der Waals surface area contributed by atoms with Crippen LogP contribution < -0.4 is 5.73 Å². The summed E-state index contributed by atoms with van der Waals surface area (Å²) in [6.07, 6.45) is 1.00. The lowest BCUT2D eigenvalue weighted by atomic mass is 9.92. The molecule has 0 aliphatic rings. The first-order valence-corrected chi connectivity index (χ1v) is 7.03. The summed E-state index contributed by atoms with van der Waals surface area (Å²) in [5.41, 5.74) is 6.84. The Morgan fingerprint density at radius 3 is 2.65 bits per heavy atom. The molecule has 110 valence electrons. The molecule has 2 N–H and O–H groups in total. The van der Waals surface area contributed by atoms with E-state index in [1.165, 1.54) is 12.1 Å². The van der Waals surface area contributed by atoms with Crippen molar-refractivity contribution in [3.63, 3.8) is 0 Å². The van der Waals surface area contributed by atoms with Crippen molar-refractivity contribution in [1.29, 1.82) is 5.26 Å². The van der Waals surface area contributed by atoms with Crippen LogP contribution in [0.25, 0.3) is 0 Å². The van der Waals surface area contributed by atoms with Crippen LogP contribution in [-0.2, 0) is 6.54 Å². The van der Waals surface area contributed by atoms with E-state index in [0.717, 1.165) is 19.5 Å². The molecule has 3 nitrogen and oxygen atoms in total. The lowest BCUT2D eigenvalue weighted by Crippen LogP contribution is -2.39. The molecule has 1 aromatic rings. The third kappa shape index (κ3) is 4.92. The topological polar surface area (TPSA) is 53.0 Å². The van der Waals surface area contributed by atoms with Gasteiger partial charge in [0.05, 0.1) is 11.6 Å². The molecular weight excluding hydrogens is 253 g/mol. The Kier molecular flexibility index (Phi) is 6.12. The number of hydrogen-bond donors (Lipinski definition) is 1. The van der Waals surface area contributed by atoms with Gasteiger partial charge in [-0.25, -0.2) is 4.39 Å². The molecule has 0 unspecified atom stereocenters. The van der Waals surface area contributed by atoms with Gasteiger partial charge in [0.1, 0.15) is 5.82 Å². The van der Waals surface area contributed by atoms with Crippen LogP contribution >= 0.6 is 0 Å². The maximum atomic E-state index is 13.9. The Hall–Kier alpha value is -1.44. The highest BCUT2D eigenvalue weighted by Crippen LogP contribution is 2.19. The maximum absolute atomic E-state index is 13.9. The average Bonchev–Trinajstić information content (AvgIpc) is 2.41. The van der Waals surface area contributed by atoms with Gasteiger partial charge in [-0.1, -0.05) is 20.8 Å². The van der Waals surface area contributed by atoms with Gasteiger partial charge in [0, 0.05) is 18.7 Å². The fraction of sp³-hybridized carbons (Fsp3) is 0.562. The summed E-state index contributed by atoms with van der Waals surface area (Å²) in [7, 11) is 0. The third-order valence-corrected chi connectivity index (χ3v) is 3.31. The maximum Gasteiger partial charge on any atom is 0.127 e. The van der Waals surface area contributed by atoms with Gasteiger partial charge in [-0.2, -0.15) is 5.26 Å². The zero-order chi connectivity index (χ0) is 15.2. The number of halogens is 1. The van der Waals surface area contributed by atoms with E-state index >= 15 is 0 Å². The Morgan fingerprint density at radius 2 is 2.10 bits per heavy atom. The molecule has 0 saturated heterocycles. The predicted octanol–water partition coefficient (Wildman–Crippen LogP) is 2.89. The number of nitrogens with two attached hydrogens (primary N) is 1. The average molecular weight is 277 g/mol. The standard InChI is InChI=1S/C16H24FN3/c1-4-7-20(12-16(2,3)11-19)10-14-8-13(9-18)5-6-15(14)17/h5-6,8H,4,7,10-12,19H2,1-3H3. The fourth-order valence-electron chi connectivity index (χ4n) is 2.21. The predicted molar refractivity (Wildman–Crippen MR) is 79.5 cm³/mol. The van der Waals surface area contributed by atoms with Crippen molar-refractivity contribution < 1.29 is 4.39 Å². The Balaban J connectivity index is 2.88. The Labute approximate surface area is 121 Å². The molecule has 0 spiro atoms. The van der Waals surface area contributed by atoms with E-state index in [9.17, 15) is 4.39 Å². The molecule has 0 fully saturated rings. The number of benzene rings is 1. The van der Waals surface area contributed by atoms with Gasteiger partial charge in [-0.05, 0) is 43.1 Å². The van der Waals surface area contributed by atoms with Crippen LogP contribution in [0.3, 0.4) is 0 Å². The van der Waals surface area contributed by atoms with Crippen LogP contribution in [0.5, 0.6) is 0 Å². The summed E-state index contributed by atoms with van der Waals surface area (Å²) < 4.78 is 13.9. The van der Waals surface area contributed by atoms with E-state index in [2.05, 4.69) is 31.7 Å². The summed E-state index contributed by atoms with van der Waals surface area (Å²) >= 11 is 0. The molecule has 1 rings (SSSR count). The molecule has 0 aromatic heterocycles. The number of nitrogens with zero attached hydrogens (tertiary/aromatic N) is 2. The van der Waals surface area contributed by atoms with Crippen molar-refractivity contribution in [3.05, 3.63) is 35.1 Å². The van der Waals surface area contributed by atoms with E-state index in [1.807, 2.05) is 0 Å². The molecule has 0 aliphatic heterocycles. The zero-order valence-corrected chi connectivity index (χ0v) is 12.6. The van der Waals surface area contributed by atoms with Crippen LogP contribution in [0.2, 0.25) is 0 Å². The first kappa shape index (κ1) is 16.6. The normalized spacial score (nSPS) is 11.7. The van der Waals surface area contributed by atoms with Crippen molar-refractivity contribution in [3.8, 4) is 6.07 Å². The highest BCUT2D eigenvalue weighted by Gasteiger charge is 2.20. The van der Waals surface area contributed by atoms with E-state index in [1.54, 1.807) is 6.07 Å². The third-order valence-electron chi connectivity index (χ3n) is 3.31. The minimum absolute atomic E-state index is 0.00150. The molecular formula is C16H24FN3. The molecule has 20 heavy (non-hydrogen) atoms. The van der Waals surface area contributed by atoms with Gasteiger partial charge in [0.15, 0.2) is 0 Å². The summed E-state index contributed by atoms with van der Waals surface area (Å²) in [5.74, 6) is -0.254. The number of nitriles is 1. The second-order valence-electron chi connectivity index (χ2n) is 6.00. The molecule has 0 saturated carbocycles. The van der Waals surface area contributed by atoms with Gasteiger partial charge < -0.3 is 5.73 Å². The van der Waals surface area contributed by atoms with Crippen LogP contribution in [-0.4, -0.2) is 24.5 Å². The molecule has 0 bridgehead atoms. The molecule has 0 atom stereocenters. The van der Waals surface area contributed by atoms with Gasteiger partial charge in [0.25, 0.3) is 0 Å². The lowest BCUT2D eigenvalue weighted by Gasteiger charge is -2.31. The van der Waals surface area contributed by atoms with Crippen molar-refractivity contribution >= 4 is 0 Å². The van der Waals surface area contributed by atoms with E-state index < -0.39 is 0 Å². The Morgan fingerprint density at radius 1 is 1.40 bits per heavy atom. The second kappa shape index (κ2) is 7.37. The minimum Gasteiger partial charge on any atom is -0.330 e. The van der Waals surface area contributed by atoms with Crippen LogP contribution in [0.15, 0.2) is 18.2 Å². The summed E-state index contributed by atoms with van der Waals surface area (Å²) in [6.45, 7) is 9.12. The lowest BCUT2D eigenvalue weighted by molar-refractivity contribution is 0.174. The zero-order valence-electron chi connectivity index (χ0n) is 12.6. The molecule has 0 heterocycles. The highest BCUT2D eigenvalue weighted by molar-refractivity contribution is 5.33. The van der Waals surface area contributed by atoms with E-state index in [4.69, 9.17) is 11.0 Å². The van der Waals surface area contributed by atoms with Crippen molar-refractivity contribution in [2.24, 2.45) is 11.1 Å². The van der Waals surface area contributed by atoms with Crippen LogP contribution in [0.4, 0.5) is 4.39 Å². The van der Waals surface area contributed by atoms with Gasteiger partial charge in [-0.15, -0.1) is 0 Å². The summed E-state index contributed by atoms with van der Waals surface area (Å²) in [4.78, 5) is 2.20. The van der Waals surface area contributed by atoms with E-state index in [-0.39, 0.29) is 11.2 Å². The van der Waals surface area contributed by atoms with E-state index in [0.29, 0.717) is 24.2 Å². The summed E-state index contributed by atoms with van der Waals surface area (Å²) in [5, 5.41) is 8.91. The quantitative estimate of drug-likeness (QED) is 0.833.